The highest BCUT2D eigenvalue weighted by molar-refractivity contribution is 5.88. The third-order valence-corrected chi connectivity index (χ3v) is 9.83. The number of hydrogen-bond donors (Lipinski definition) is 0. The first-order valence-electron chi connectivity index (χ1n) is 15.2. The van der Waals surface area contributed by atoms with Crippen LogP contribution in [0, 0.1) is 0 Å². The summed E-state index contributed by atoms with van der Waals surface area (Å²) in [6.07, 6.45) is 0. The fraction of sp³-hybridized carbons (Fsp3) is 0.143. The Labute approximate surface area is 256 Å². The fourth-order valence-corrected chi connectivity index (χ4v) is 6.80. The van der Waals surface area contributed by atoms with E-state index >= 15 is 0 Å². The molecule has 0 heterocycles. The number of nitrogens with zero attached hydrogens (tertiary/aromatic N) is 1. The van der Waals surface area contributed by atoms with Crippen molar-refractivity contribution >= 4 is 17.1 Å². The van der Waals surface area contributed by atoms with Crippen molar-refractivity contribution in [3.8, 4) is 33.4 Å². The summed E-state index contributed by atoms with van der Waals surface area (Å²) in [5.74, 6) is 0. The van der Waals surface area contributed by atoms with Crippen molar-refractivity contribution in [2.24, 2.45) is 0 Å². The van der Waals surface area contributed by atoms with Gasteiger partial charge in [0.1, 0.15) is 0 Å². The van der Waals surface area contributed by atoms with Crippen LogP contribution in [-0.4, -0.2) is 0 Å². The van der Waals surface area contributed by atoms with E-state index in [4.69, 9.17) is 0 Å². The van der Waals surface area contributed by atoms with Crippen LogP contribution >= 0.6 is 0 Å². The normalized spacial score (nSPS) is 14.4. The first-order chi connectivity index (χ1) is 20.9. The molecule has 210 valence electrons. The lowest BCUT2D eigenvalue weighted by atomic mass is 9.55. The number of anilines is 3. The molecular formula is C42H37N. The molecule has 0 amide bonds. The van der Waals surface area contributed by atoms with E-state index in [1.807, 2.05) is 0 Å². The van der Waals surface area contributed by atoms with Gasteiger partial charge in [-0.05, 0) is 91.7 Å². The molecular weight excluding hydrogens is 518 g/mol. The maximum absolute atomic E-state index is 2.44. The molecule has 6 aromatic rings. The topological polar surface area (TPSA) is 3.24 Å². The molecule has 1 aliphatic rings. The van der Waals surface area contributed by atoms with Crippen molar-refractivity contribution in [3.63, 3.8) is 0 Å². The van der Waals surface area contributed by atoms with Gasteiger partial charge in [-0.2, -0.15) is 0 Å². The molecule has 6 aromatic carbocycles. The quantitative estimate of drug-likeness (QED) is 0.204. The van der Waals surface area contributed by atoms with Gasteiger partial charge in [0, 0.05) is 17.1 Å². The number of hydrogen-bond acceptors (Lipinski definition) is 1. The molecule has 0 atom stereocenters. The van der Waals surface area contributed by atoms with Crippen LogP contribution in [-0.2, 0) is 10.8 Å². The number of benzene rings is 6. The van der Waals surface area contributed by atoms with Crippen molar-refractivity contribution in [2.75, 3.05) is 4.90 Å². The average Bonchev–Trinajstić information content (AvgIpc) is 3.05. The van der Waals surface area contributed by atoms with Gasteiger partial charge in [0.2, 0.25) is 0 Å². The Morgan fingerprint density at radius 1 is 0.349 bits per heavy atom. The maximum Gasteiger partial charge on any atom is 0.0467 e. The molecule has 0 unspecified atom stereocenters. The van der Waals surface area contributed by atoms with Crippen LogP contribution in [0.5, 0.6) is 0 Å². The summed E-state index contributed by atoms with van der Waals surface area (Å²) in [4.78, 5) is 2.40. The first-order valence-corrected chi connectivity index (χ1v) is 15.2. The van der Waals surface area contributed by atoms with Crippen molar-refractivity contribution in [3.05, 3.63) is 163 Å². The van der Waals surface area contributed by atoms with Crippen molar-refractivity contribution < 1.29 is 0 Å². The molecule has 1 aliphatic carbocycles. The van der Waals surface area contributed by atoms with Gasteiger partial charge in [-0.15, -0.1) is 0 Å². The van der Waals surface area contributed by atoms with Crippen molar-refractivity contribution in [1.82, 2.24) is 0 Å². The van der Waals surface area contributed by atoms with E-state index in [-0.39, 0.29) is 10.8 Å². The van der Waals surface area contributed by atoms with E-state index in [1.165, 1.54) is 50.2 Å². The molecule has 43 heavy (non-hydrogen) atoms. The molecule has 7 rings (SSSR count). The second kappa shape index (κ2) is 10.4. The minimum Gasteiger partial charge on any atom is -0.310 e. The Balaban J connectivity index is 1.40. The maximum atomic E-state index is 2.44. The monoisotopic (exact) mass is 555 g/mol. The van der Waals surface area contributed by atoms with E-state index in [0.717, 1.165) is 11.4 Å². The lowest BCUT2D eigenvalue weighted by Gasteiger charge is -2.48. The van der Waals surface area contributed by atoms with E-state index < -0.39 is 0 Å². The van der Waals surface area contributed by atoms with Crippen molar-refractivity contribution in [1.29, 1.82) is 0 Å². The highest BCUT2D eigenvalue weighted by Crippen LogP contribution is 2.55. The molecule has 0 fully saturated rings. The van der Waals surface area contributed by atoms with Gasteiger partial charge < -0.3 is 4.90 Å². The van der Waals surface area contributed by atoms with Gasteiger partial charge in [-0.3, -0.25) is 0 Å². The van der Waals surface area contributed by atoms with E-state index in [9.17, 15) is 0 Å². The summed E-state index contributed by atoms with van der Waals surface area (Å²) < 4.78 is 0. The van der Waals surface area contributed by atoms with Crippen LogP contribution < -0.4 is 4.90 Å². The number of rotatable bonds is 5. The molecule has 0 radical (unpaired) electrons. The van der Waals surface area contributed by atoms with Crippen LogP contribution in [0.25, 0.3) is 33.4 Å². The van der Waals surface area contributed by atoms with Gasteiger partial charge in [0.15, 0.2) is 0 Å². The smallest absolute Gasteiger partial charge is 0.0467 e. The predicted molar refractivity (Wildman–Crippen MR) is 183 cm³/mol. The Kier molecular flexibility index (Phi) is 6.55. The van der Waals surface area contributed by atoms with E-state index in [0.29, 0.717) is 0 Å². The Hall–Kier alpha value is -4.88. The number of para-hydroxylation sites is 1. The summed E-state index contributed by atoms with van der Waals surface area (Å²) in [6.45, 7) is 9.59. The van der Waals surface area contributed by atoms with Gasteiger partial charge in [0.05, 0.1) is 0 Å². The molecule has 0 N–H and O–H groups in total. The van der Waals surface area contributed by atoms with Gasteiger partial charge >= 0.3 is 0 Å². The third-order valence-electron chi connectivity index (χ3n) is 9.83. The minimum atomic E-state index is -0.0640. The van der Waals surface area contributed by atoms with Crippen LogP contribution in [0.15, 0.2) is 152 Å². The minimum absolute atomic E-state index is 0.0200. The fourth-order valence-electron chi connectivity index (χ4n) is 6.80. The zero-order valence-corrected chi connectivity index (χ0v) is 25.4. The van der Waals surface area contributed by atoms with Gasteiger partial charge in [-0.1, -0.05) is 143 Å². The predicted octanol–water partition coefficient (Wildman–Crippen LogP) is 11.7. The van der Waals surface area contributed by atoms with Crippen LogP contribution in [0.1, 0.15) is 38.8 Å². The molecule has 0 saturated carbocycles. The van der Waals surface area contributed by atoms with Gasteiger partial charge in [0.25, 0.3) is 0 Å². The lowest BCUT2D eigenvalue weighted by Crippen LogP contribution is -2.43. The SMILES string of the molecule is CC1(C)c2ccccc2-c2ccc(N(c3ccccc3)c3cccc(-c4ccccc4-c4ccccc4)c3)cc2C1(C)C. The Bertz CT molecular complexity index is 1910. The molecule has 0 aromatic heterocycles. The lowest BCUT2D eigenvalue weighted by molar-refractivity contribution is 0.299. The summed E-state index contributed by atoms with van der Waals surface area (Å²) >= 11 is 0. The summed E-state index contributed by atoms with van der Waals surface area (Å²) in [5, 5.41) is 0. The number of fused-ring (bicyclic) bond motifs is 3. The van der Waals surface area contributed by atoms with Crippen LogP contribution in [0.2, 0.25) is 0 Å². The molecule has 0 spiro atoms. The molecule has 0 bridgehead atoms. The molecule has 1 heteroatoms. The van der Waals surface area contributed by atoms with Crippen molar-refractivity contribution in [2.45, 2.75) is 38.5 Å². The average molecular weight is 556 g/mol. The Morgan fingerprint density at radius 2 is 0.837 bits per heavy atom. The second-order valence-corrected chi connectivity index (χ2v) is 12.7. The zero-order valence-electron chi connectivity index (χ0n) is 25.4. The standard InChI is InChI=1S/C42H37N/c1-41(2)39-25-14-13-24-37(39)38-27-26-34(29-40(38)42(41,3)4)43(32-19-9-6-10-20-32)33-21-15-18-31(28-33)36-23-12-11-22-35(36)30-16-7-5-8-17-30/h5-29H,1-4H3. The highest BCUT2D eigenvalue weighted by Gasteiger charge is 2.45. The zero-order chi connectivity index (χ0) is 29.6. The van der Waals surface area contributed by atoms with Gasteiger partial charge in [-0.25, -0.2) is 0 Å². The summed E-state index contributed by atoms with van der Waals surface area (Å²) in [6, 6.07) is 55.1. The largest absolute Gasteiger partial charge is 0.310 e. The third kappa shape index (κ3) is 4.48. The van der Waals surface area contributed by atoms with E-state index in [1.54, 1.807) is 0 Å². The van der Waals surface area contributed by atoms with Crippen LogP contribution in [0.3, 0.4) is 0 Å². The van der Waals surface area contributed by atoms with Crippen LogP contribution in [0.4, 0.5) is 17.1 Å². The Morgan fingerprint density at radius 3 is 1.56 bits per heavy atom. The molecule has 0 aliphatic heterocycles. The first kappa shape index (κ1) is 27.0. The molecule has 0 saturated heterocycles. The molecule has 1 nitrogen and oxygen atoms in total. The van der Waals surface area contributed by atoms with E-state index in [2.05, 4.69) is 184 Å². The highest BCUT2D eigenvalue weighted by atomic mass is 15.1. The summed E-state index contributed by atoms with van der Waals surface area (Å²) in [7, 11) is 0. The summed E-state index contributed by atoms with van der Waals surface area (Å²) in [5.41, 5.74) is 13.8. The second-order valence-electron chi connectivity index (χ2n) is 12.7.